The minimum Gasteiger partial charge on any atom is -0.493 e. The normalized spacial score (nSPS) is 10.8. The maximum Gasteiger partial charge on any atom is 0.310 e. The summed E-state index contributed by atoms with van der Waals surface area (Å²) in [5.74, 6) is 2.34. The Balaban J connectivity index is 1.28. The average Bonchev–Trinajstić information content (AvgIpc) is 3.58. The van der Waals surface area contributed by atoms with E-state index in [0.717, 1.165) is 16.8 Å². The van der Waals surface area contributed by atoms with Gasteiger partial charge in [-0.15, -0.1) is 5.10 Å². The van der Waals surface area contributed by atoms with Crippen molar-refractivity contribution in [2.45, 2.75) is 26.6 Å². The molecular formula is C31H29N3O6. The van der Waals surface area contributed by atoms with E-state index in [1.54, 1.807) is 18.0 Å². The first-order valence-corrected chi connectivity index (χ1v) is 12.7. The van der Waals surface area contributed by atoms with Crippen molar-refractivity contribution in [2.24, 2.45) is 0 Å². The molecule has 9 nitrogen and oxygen atoms in total. The zero-order valence-electron chi connectivity index (χ0n) is 22.5. The second kappa shape index (κ2) is 12.2. The molecule has 0 atom stereocenters. The van der Waals surface area contributed by atoms with Gasteiger partial charge in [0, 0.05) is 17.3 Å². The molecule has 3 aromatic carbocycles. The third kappa shape index (κ3) is 6.15. The van der Waals surface area contributed by atoms with Gasteiger partial charge < -0.3 is 23.4 Å². The van der Waals surface area contributed by atoms with Gasteiger partial charge in [0.2, 0.25) is 11.8 Å². The molecule has 2 heterocycles. The van der Waals surface area contributed by atoms with E-state index in [4.69, 9.17) is 23.4 Å². The van der Waals surface area contributed by atoms with Crippen LogP contribution in [-0.2, 0) is 29.2 Å². The number of oxazole rings is 1. The number of carbonyl (C=O) groups is 1. The highest BCUT2D eigenvalue weighted by Crippen LogP contribution is 2.31. The van der Waals surface area contributed by atoms with Crippen LogP contribution in [0.4, 0.5) is 0 Å². The van der Waals surface area contributed by atoms with Crippen LogP contribution in [0.25, 0.3) is 17.1 Å². The summed E-state index contributed by atoms with van der Waals surface area (Å²) in [6, 6.07) is 24.9. The number of ether oxygens (including phenoxy) is 4. The molecule has 0 aliphatic rings. The second-order valence-corrected chi connectivity index (χ2v) is 8.94. The Morgan fingerprint density at radius 1 is 0.900 bits per heavy atom. The molecule has 0 spiro atoms. The Hall–Kier alpha value is -5.05. The lowest BCUT2D eigenvalue weighted by atomic mass is 10.2. The predicted octanol–water partition coefficient (Wildman–Crippen LogP) is 5.72. The second-order valence-electron chi connectivity index (χ2n) is 8.94. The number of nitrogens with zero attached hydrogens (tertiary/aromatic N) is 3. The van der Waals surface area contributed by atoms with Crippen molar-refractivity contribution >= 4 is 5.97 Å². The predicted molar refractivity (Wildman–Crippen MR) is 148 cm³/mol. The topological polar surface area (TPSA) is 97.8 Å². The van der Waals surface area contributed by atoms with Gasteiger partial charge >= 0.3 is 5.97 Å². The van der Waals surface area contributed by atoms with Gasteiger partial charge in [0.1, 0.15) is 24.7 Å². The van der Waals surface area contributed by atoms with Crippen molar-refractivity contribution in [3.63, 3.8) is 0 Å². The molecule has 0 unspecified atom stereocenters. The summed E-state index contributed by atoms with van der Waals surface area (Å²) >= 11 is 0. The molecule has 5 rings (SSSR count). The minimum absolute atomic E-state index is 0.0439. The van der Waals surface area contributed by atoms with Gasteiger partial charge in [-0.05, 0) is 48.9 Å². The molecule has 5 aromatic rings. The fourth-order valence-electron chi connectivity index (χ4n) is 4.06. The van der Waals surface area contributed by atoms with E-state index in [1.165, 1.54) is 7.11 Å². The molecule has 0 bridgehead atoms. The number of hydrogen-bond acceptors (Lipinski definition) is 8. The van der Waals surface area contributed by atoms with Gasteiger partial charge in [-0.1, -0.05) is 42.5 Å². The molecule has 9 heteroatoms. The van der Waals surface area contributed by atoms with Gasteiger partial charge in [0.05, 0.1) is 26.3 Å². The van der Waals surface area contributed by atoms with E-state index in [1.807, 2.05) is 85.8 Å². The Labute approximate surface area is 231 Å². The van der Waals surface area contributed by atoms with Crippen LogP contribution in [-0.4, -0.2) is 35.0 Å². The minimum atomic E-state index is -0.376. The Bertz CT molecular complexity index is 1580. The van der Waals surface area contributed by atoms with E-state index >= 15 is 0 Å². The van der Waals surface area contributed by atoms with Crippen LogP contribution in [0.1, 0.15) is 22.6 Å². The Morgan fingerprint density at radius 2 is 1.65 bits per heavy atom. The van der Waals surface area contributed by atoms with E-state index < -0.39 is 0 Å². The van der Waals surface area contributed by atoms with Crippen LogP contribution < -0.4 is 14.2 Å². The van der Waals surface area contributed by atoms with Gasteiger partial charge in [-0.25, -0.2) is 9.67 Å². The number of aryl methyl sites for hydroxylation is 1. The van der Waals surface area contributed by atoms with Crippen molar-refractivity contribution in [1.29, 1.82) is 0 Å². The molecule has 0 fully saturated rings. The Morgan fingerprint density at radius 3 is 2.38 bits per heavy atom. The van der Waals surface area contributed by atoms with Gasteiger partial charge in [-0.2, -0.15) is 0 Å². The maximum absolute atomic E-state index is 12.0. The van der Waals surface area contributed by atoms with Crippen molar-refractivity contribution in [2.75, 3.05) is 14.2 Å². The zero-order chi connectivity index (χ0) is 27.9. The van der Waals surface area contributed by atoms with Crippen LogP contribution in [0.15, 0.2) is 89.5 Å². The van der Waals surface area contributed by atoms with E-state index in [9.17, 15) is 4.79 Å². The van der Waals surface area contributed by atoms with Crippen LogP contribution in [0.2, 0.25) is 0 Å². The smallest absolute Gasteiger partial charge is 0.310 e. The summed E-state index contributed by atoms with van der Waals surface area (Å²) in [4.78, 5) is 16.6. The zero-order valence-corrected chi connectivity index (χ0v) is 22.5. The molecule has 0 aliphatic carbocycles. The highest BCUT2D eigenvalue weighted by molar-refractivity contribution is 5.73. The van der Waals surface area contributed by atoms with Crippen LogP contribution in [0.5, 0.6) is 17.4 Å². The van der Waals surface area contributed by atoms with Crippen molar-refractivity contribution in [3.05, 3.63) is 108 Å². The lowest BCUT2D eigenvalue weighted by Gasteiger charge is -2.12. The number of methoxy groups -OCH3 is 2. The van der Waals surface area contributed by atoms with Gasteiger partial charge in [0.25, 0.3) is 0 Å². The highest BCUT2D eigenvalue weighted by atomic mass is 16.5. The van der Waals surface area contributed by atoms with Crippen molar-refractivity contribution in [1.82, 2.24) is 14.8 Å². The molecule has 0 radical (unpaired) electrons. The van der Waals surface area contributed by atoms with Crippen LogP contribution in [0, 0.1) is 6.92 Å². The van der Waals surface area contributed by atoms with Gasteiger partial charge in [0.15, 0.2) is 11.5 Å². The standard InChI is InChI=1S/C31H29N3O6/c1-21-26(32-30(40-21)23-10-6-4-7-11-23)20-38-27-15-14-22(16-28(27)36-2)19-39-31-24(17-29(35)37-3)18-34(33-31)25-12-8-5-9-13-25/h4-16,18H,17,19-20H2,1-3H3. The molecule has 0 saturated carbocycles. The third-order valence-corrected chi connectivity index (χ3v) is 6.22. The van der Waals surface area contributed by atoms with Crippen LogP contribution in [0.3, 0.4) is 0 Å². The molecule has 0 N–H and O–H groups in total. The number of hydrogen-bond donors (Lipinski definition) is 0. The molecule has 0 aliphatic heterocycles. The molecule has 0 saturated heterocycles. The fraction of sp³-hybridized carbons (Fsp3) is 0.194. The summed E-state index contributed by atoms with van der Waals surface area (Å²) in [6.07, 6.45) is 1.82. The number of esters is 1. The monoisotopic (exact) mass is 539 g/mol. The first-order valence-electron chi connectivity index (χ1n) is 12.7. The van der Waals surface area contributed by atoms with Crippen molar-refractivity contribution in [3.8, 4) is 34.5 Å². The molecule has 40 heavy (non-hydrogen) atoms. The summed E-state index contributed by atoms with van der Waals surface area (Å²) in [5, 5.41) is 4.55. The lowest BCUT2D eigenvalue weighted by Crippen LogP contribution is -2.06. The number of aromatic nitrogens is 3. The maximum atomic E-state index is 12.0. The van der Waals surface area contributed by atoms with E-state index in [-0.39, 0.29) is 25.6 Å². The summed E-state index contributed by atoms with van der Waals surface area (Å²) in [6.45, 7) is 2.30. The average molecular weight is 540 g/mol. The number of benzene rings is 3. The number of carbonyl (C=O) groups excluding carboxylic acids is 1. The fourth-order valence-corrected chi connectivity index (χ4v) is 4.06. The van der Waals surface area contributed by atoms with Gasteiger partial charge in [-0.3, -0.25) is 4.79 Å². The molecular weight excluding hydrogens is 510 g/mol. The molecule has 204 valence electrons. The summed E-state index contributed by atoms with van der Waals surface area (Å²) < 4.78 is 30.0. The Kier molecular flexibility index (Phi) is 8.10. The van der Waals surface area contributed by atoms with E-state index in [2.05, 4.69) is 10.1 Å². The lowest BCUT2D eigenvalue weighted by molar-refractivity contribution is -0.139. The number of rotatable bonds is 11. The first kappa shape index (κ1) is 26.6. The van der Waals surface area contributed by atoms with Crippen molar-refractivity contribution < 1.29 is 28.2 Å². The SMILES string of the molecule is COC(=O)Cc1cn(-c2ccccc2)nc1OCc1ccc(OCc2nc(-c3ccccc3)oc2C)c(OC)c1. The summed E-state index contributed by atoms with van der Waals surface area (Å²) in [5.41, 5.74) is 3.93. The van der Waals surface area contributed by atoms with Crippen LogP contribution >= 0.6 is 0 Å². The summed E-state index contributed by atoms with van der Waals surface area (Å²) in [7, 11) is 2.93. The largest absolute Gasteiger partial charge is 0.493 e. The number of para-hydroxylation sites is 1. The molecule has 0 amide bonds. The first-order chi connectivity index (χ1) is 19.5. The third-order valence-electron chi connectivity index (χ3n) is 6.22. The quantitative estimate of drug-likeness (QED) is 0.197. The molecule has 2 aromatic heterocycles. The van der Waals surface area contributed by atoms with E-state index in [0.29, 0.717) is 40.3 Å². The highest BCUT2D eigenvalue weighted by Gasteiger charge is 2.17.